The van der Waals surface area contributed by atoms with Crippen molar-refractivity contribution in [3.05, 3.63) is 62.4 Å². The third kappa shape index (κ3) is 12.7. The Kier molecular flexibility index (Phi) is 16.6. The van der Waals surface area contributed by atoms with Gasteiger partial charge in [-0.2, -0.15) is 8.62 Å². The van der Waals surface area contributed by atoms with Gasteiger partial charge in [-0.3, -0.25) is 51.4 Å². The number of aliphatic hydroxyl groups is 3. The molecule has 3 aliphatic heterocycles. The fourth-order valence-electron chi connectivity index (χ4n) is 8.84. The Hall–Kier alpha value is -4.67. The van der Waals surface area contributed by atoms with Gasteiger partial charge < -0.3 is 65.3 Å². The van der Waals surface area contributed by atoms with Gasteiger partial charge in [-0.1, -0.05) is 4.98 Å². The Labute approximate surface area is 440 Å². The van der Waals surface area contributed by atoms with E-state index in [0.717, 1.165) is 36.6 Å². The molecule has 1 saturated carbocycles. The molecule has 1 aliphatic carbocycles. The van der Waals surface area contributed by atoms with E-state index in [0.29, 0.717) is 12.8 Å². The van der Waals surface area contributed by atoms with Crippen molar-refractivity contribution < 1.29 is 112 Å². The molecule has 9 rings (SSSR count). The van der Waals surface area contributed by atoms with Crippen molar-refractivity contribution in [2.45, 2.75) is 85.6 Å². The summed E-state index contributed by atoms with van der Waals surface area (Å²) in [7, 11) is -25.1. The van der Waals surface area contributed by atoms with Crippen LogP contribution in [0.5, 0.6) is 0 Å². The summed E-state index contributed by atoms with van der Waals surface area (Å²) in [5.41, 5.74) is 9.04. The summed E-state index contributed by atoms with van der Waals surface area (Å²) in [6.45, 7) is -4.00. The number of anilines is 2. The molecule has 0 spiro atoms. The van der Waals surface area contributed by atoms with Crippen LogP contribution in [-0.2, 0) is 81.0 Å². The lowest BCUT2D eigenvalue weighted by atomic mass is 9.98. The van der Waals surface area contributed by atoms with E-state index >= 15 is 0 Å². The Morgan fingerprint density at radius 1 is 0.810 bits per heavy atom. The van der Waals surface area contributed by atoms with Gasteiger partial charge in [-0.05, 0) is 12.8 Å². The number of nitrogen functional groups attached to an aromatic ring is 2. The summed E-state index contributed by atoms with van der Waals surface area (Å²) in [5.74, 6) is -1.75. The first-order valence-corrected chi connectivity index (χ1v) is 30.4. The molecule has 0 aromatic carbocycles. The summed E-state index contributed by atoms with van der Waals surface area (Å²) in [4.78, 5) is 99.8. The van der Waals surface area contributed by atoms with Crippen molar-refractivity contribution in [3.8, 4) is 0 Å². The molecule has 0 radical (unpaired) electrons. The largest absolute Gasteiger partial charge is 0.490 e. The fraction of sp³-hybridized carbons (Fsp3) is 0.600. The molecular formula is C35H50N13O26P4S+. The summed E-state index contributed by atoms with van der Waals surface area (Å²) < 4.78 is 137. The van der Waals surface area contributed by atoms with E-state index in [1.54, 1.807) is 0 Å². The van der Waals surface area contributed by atoms with Crippen LogP contribution in [-0.4, -0.2) is 174 Å². The second-order valence-electron chi connectivity index (χ2n) is 18.0. The van der Waals surface area contributed by atoms with Gasteiger partial charge in [0.15, 0.2) is 30.2 Å². The Morgan fingerprint density at radius 2 is 1.46 bits per heavy atom. The number of sulfonamides is 1. The highest BCUT2D eigenvalue weighted by Crippen LogP contribution is 2.68. The number of nitrogens with two attached hydrogens (primary N) is 2. The van der Waals surface area contributed by atoms with Crippen molar-refractivity contribution in [1.82, 2.24) is 48.3 Å². The van der Waals surface area contributed by atoms with Crippen LogP contribution >= 0.6 is 31.3 Å². The summed E-state index contributed by atoms with van der Waals surface area (Å²) in [6, 6.07) is 0.917. The lowest BCUT2D eigenvalue weighted by Crippen LogP contribution is -2.46. The lowest BCUT2D eigenvalue weighted by Gasteiger charge is -2.26. The second-order valence-corrected chi connectivity index (χ2v) is 26.1. The molecule has 436 valence electrons. The van der Waals surface area contributed by atoms with Crippen molar-refractivity contribution >= 4 is 75.4 Å². The Morgan fingerprint density at radius 3 is 2.11 bits per heavy atom. The predicted octanol–water partition coefficient (Wildman–Crippen LogP) is -4.54. The number of ether oxygens (including phenoxy) is 4. The highest BCUT2D eigenvalue weighted by atomic mass is 32.2. The van der Waals surface area contributed by atoms with E-state index in [2.05, 4.69) is 38.3 Å². The second kappa shape index (κ2) is 22.2. The number of rotatable bonds is 23. The van der Waals surface area contributed by atoms with Crippen molar-refractivity contribution in [3.63, 3.8) is 0 Å². The third-order valence-corrected chi connectivity index (χ3v) is 19.8. The quantitative estimate of drug-likeness (QED) is 0.0216. The van der Waals surface area contributed by atoms with E-state index < -0.39 is 163 Å². The molecule has 44 heteroatoms. The topological polar surface area (TPSA) is 553 Å². The zero-order valence-electron chi connectivity index (χ0n) is 40.5. The SMILES string of the molecule is CO[C@@H]1[C@H](OP(=O)(O)OC[C@H]2O[C@@H](n3ccc(=O)[nH]c3=O)[C@H](O)[C@@H]2O)C(COP(=O)(O)OP(=O)(O)OP(=O)(O)OC[C@H]2O[C@@H]([n+]3cn(C)c4c(=O)[nH]c(N)nc43)[C@H](O)[C@@H]2CNS(=O)(=O)C2CC2)O[C@H]1n1cnc2c(N)ncnc21. The highest BCUT2D eigenvalue weighted by molar-refractivity contribution is 7.90. The van der Waals surface area contributed by atoms with Crippen LogP contribution in [0.3, 0.4) is 0 Å². The van der Waals surface area contributed by atoms with Crippen LogP contribution in [0.15, 0.2) is 45.6 Å². The van der Waals surface area contributed by atoms with Crippen LogP contribution < -0.4 is 37.6 Å². The molecule has 5 aromatic heterocycles. The van der Waals surface area contributed by atoms with E-state index in [1.807, 2.05) is 4.98 Å². The van der Waals surface area contributed by atoms with Crippen molar-refractivity contribution in [2.75, 3.05) is 44.9 Å². The minimum absolute atomic E-state index is 0.0100. The number of phosphoric acid groups is 4. The smallest absolute Gasteiger partial charge is 0.387 e. The molecule has 4 aliphatic rings. The van der Waals surface area contributed by atoms with Crippen LogP contribution in [0, 0.1) is 5.92 Å². The molecular weight excluding hydrogens is 1170 g/mol. The number of aryl methyl sites for hydroxylation is 1. The summed E-state index contributed by atoms with van der Waals surface area (Å²) >= 11 is 0. The van der Waals surface area contributed by atoms with E-state index in [4.69, 9.17) is 48.5 Å². The van der Waals surface area contributed by atoms with Gasteiger partial charge >= 0.3 is 42.6 Å². The van der Waals surface area contributed by atoms with Gasteiger partial charge in [0, 0.05) is 31.8 Å². The van der Waals surface area contributed by atoms with Crippen LogP contribution in [0.2, 0.25) is 0 Å². The molecule has 8 heterocycles. The van der Waals surface area contributed by atoms with Crippen LogP contribution in [0.1, 0.15) is 31.5 Å². The number of aliphatic hydroxyl groups excluding tert-OH is 3. The van der Waals surface area contributed by atoms with E-state index in [-0.39, 0.29) is 34.1 Å². The number of nitrogens with one attached hydrogen (secondary N) is 3. The average Bonchev–Trinajstić information content (AvgIpc) is 3.70. The fourth-order valence-corrected chi connectivity index (χ4v) is 14.7. The number of imidazole rings is 2. The molecule has 0 bridgehead atoms. The highest BCUT2D eigenvalue weighted by Gasteiger charge is 2.54. The zero-order chi connectivity index (χ0) is 57.3. The third-order valence-electron chi connectivity index (χ3n) is 12.6. The molecule has 79 heavy (non-hydrogen) atoms. The number of hydrogen-bond acceptors (Lipinski definition) is 28. The molecule has 3 saturated heterocycles. The van der Waals surface area contributed by atoms with Gasteiger partial charge in [-0.25, -0.2) is 55.7 Å². The van der Waals surface area contributed by atoms with Crippen molar-refractivity contribution in [2.24, 2.45) is 13.0 Å². The van der Waals surface area contributed by atoms with Crippen molar-refractivity contribution in [1.29, 1.82) is 0 Å². The first-order valence-electron chi connectivity index (χ1n) is 22.9. The number of aromatic amines is 2. The maximum atomic E-state index is 13.6. The number of aromatic nitrogens is 10. The van der Waals surface area contributed by atoms with Crippen LogP contribution in [0.25, 0.3) is 22.3 Å². The molecule has 5 aromatic rings. The molecule has 4 fully saturated rings. The number of hydrogen-bond donors (Lipinski definition) is 12. The molecule has 0 amide bonds. The van der Waals surface area contributed by atoms with Gasteiger partial charge in [0.25, 0.3) is 17.1 Å². The van der Waals surface area contributed by atoms with Gasteiger partial charge in [0.1, 0.15) is 54.6 Å². The predicted molar refractivity (Wildman–Crippen MR) is 255 cm³/mol. The number of methoxy groups -OCH3 is 1. The Balaban J connectivity index is 0.877. The standard InChI is InChI=1S/C35H49N13O26P4S/c1-45-13-48(29-21(45)30(53)44-34(37)43-29)31-22(50)15(7-41-79(63,64)14-3-4-14)16(69-31)8-67-76(57,58)73-78(61,62)74-77(59,60)68-10-18-25(26(65-2)33(71-18)47-12-40-20-27(36)38-11-39-28(20)47)72-75(55,56)66-9-17-23(51)24(52)32(70-17)46-6-5-19(49)42-35(46)54/h5-6,11-18,22-26,31-33,41,50-52H,3-4,7-10H2,1-2H3,(H9-,36,37,38,39,42,43,44,49,53,54,55,56,57,58,59,60,61,62)/p+1/t15-,16-,17-,18?,22-,23-,24-,25-,26-,31-,32-,33-/m1/s1. The summed E-state index contributed by atoms with van der Waals surface area (Å²) in [6.07, 6.45) is -13.5. The van der Waals surface area contributed by atoms with Crippen LogP contribution in [0.4, 0.5) is 11.8 Å². The molecule has 5 unspecified atom stereocenters. The molecule has 39 nitrogen and oxygen atoms in total. The lowest BCUT2D eigenvalue weighted by molar-refractivity contribution is -0.745. The van der Waals surface area contributed by atoms with E-state index in [1.165, 1.54) is 27.1 Å². The zero-order valence-corrected chi connectivity index (χ0v) is 44.8. The number of H-pyrrole nitrogens is 2. The molecule has 16 atom stereocenters. The summed E-state index contributed by atoms with van der Waals surface area (Å²) in [5, 5.41) is 32.1. The normalized spacial score (nSPS) is 30.6. The Bertz CT molecular complexity index is 3620. The first-order chi connectivity index (χ1) is 37.0. The maximum Gasteiger partial charge on any atom is 0.490 e. The number of fused-ring (bicyclic) bond motifs is 2. The van der Waals surface area contributed by atoms with E-state index in [9.17, 15) is 76.0 Å². The minimum atomic E-state index is -6.27. The van der Waals surface area contributed by atoms with Gasteiger partial charge in [0.05, 0.1) is 44.5 Å². The maximum absolute atomic E-state index is 13.6. The van der Waals surface area contributed by atoms with Gasteiger partial charge in [0.2, 0.25) is 21.8 Å². The molecule has 14 N–H and O–H groups in total. The van der Waals surface area contributed by atoms with Gasteiger partial charge in [-0.15, -0.1) is 0 Å². The first kappa shape index (κ1) is 59.0. The number of nitrogens with zero attached hydrogens (tertiary/aromatic N) is 8. The average molecular weight is 1220 g/mol. The monoisotopic (exact) mass is 1220 g/mol. The minimum Gasteiger partial charge on any atom is -0.387 e. The number of phosphoric ester groups is 3.